The molecule has 3 nitrogen and oxygen atoms in total. The van der Waals surface area contributed by atoms with Gasteiger partial charge >= 0.3 is 0 Å². The Balaban J connectivity index is 1.79. The van der Waals surface area contributed by atoms with Crippen molar-refractivity contribution in [3.8, 4) is 11.3 Å². The SMILES string of the molecule is NC(c1cc(-c2ccc(F)cc2)nc(Cl)n1)(C1CC1)C1CC1. The number of benzene rings is 1. The molecule has 0 spiro atoms. The lowest BCUT2D eigenvalue weighted by atomic mass is 9.84. The highest BCUT2D eigenvalue weighted by atomic mass is 35.5. The highest BCUT2D eigenvalue weighted by Crippen LogP contribution is 2.55. The average Bonchev–Trinajstić information content (AvgIpc) is 3.39. The van der Waals surface area contributed by atoms with E-state index in [4.69, 9.17) is 17.3 Å². The summed E-state index contributed by atoms with van der Waals surface area (Å²) in [6.45, 7) is 0. The lowest BCUT2D eigenvalue weighted by Crippen LogP contribution is -2.42. The summed E-state index contributed by atoms with van der Waals surface area (Å²) in [4.78, 5) is 8.71. The van der Waals surface area contributed by atoms with E-state index in [9.17, 15) is 4.39 Å². The van der Waals surface area contributed by atoms with Crippen LogP contribution in [0.25, 0.3) is 11.3 Å². The van der Waals surface area contributed by atoms with Crippen molar-refractivity contribution in [1.82, 2.24) is 9.97 Å². The summed E-state index contributed by atoms with van der Waals surface area (Å²) in [6.07, 6.45) is 4.61. The lowest BCUT2D eigenvalue weighted by molar-refractivity contribution is 0.321. The van der Waals surface area contributed by atoms with Gasteiger partial charge in [0.15, 0.2) is 0 Å². The Morgan fingerprint density at radius 3 is 2.18 bits per heavy atom. The van der Waals surface area contributed by atoms with Gasteiger partial charge in [0.1, 0.15) is 5.82 Å². The summed E-state index contributed by atoms with van der Waals surface area (Å²) in [5.74, 6) is 0.715. The summed E-state index contributed by atoms with van der Waals surface area (Å²) in [5.41, 5.74) is 8.72. The van der Waals surface area contributed by atoms with Gasteiger partial charge in [-0.1, -0.05) is 0 Å². The normalized spacial score (nSPS) is 18.5. The van der Waals surface area contributed by atoms with Crippen LogP contribution >= 0.6 is 11.6 Å². The van der Waals surface area contributed by atoms with Crippen LogP contribution in [0.5, 0.6) is 0 Å². The quantitative estimate of drug-likeness (QED) is 0.870. The van der Waals surface area contributed by atoms with Crippen molar-refractivity contribution in [3.63, 3.8) is 0 Å². The topological polar surface area (TPSA) is 51.8 Å². The molecular formula is C17H17ClFN3. The molecule has 2 aliphatic rings. The molecule has 1 aromatic carbocycles. The second-order valence-corrected chi connectivity index (χ2v) is 6.73. The molecule has 114 valence electrons. The van der Waals surface area contributed by atoms with Gasteiger partial charge in [-0.05, 0) is 79.5 Å². The van der Waals surface area contributed by atoms with E-state index in [1.54, 1.807) is 12.1 Å². The molecule has 1 aromatic heterocycles. The van der Waals surface area contributed by atoms with Gasteiger partial charge in [-0.2, -0.15) is 0 Å². The fourth-order valence-corrected chi connectivity index (χ4v) is 3.46. The number of hydrogen-bond donors (Lipinski definition) is 1. The van der Waals surface area contributed by atoms with Crippen molar-refractivity contribution in [2.24, 2.45) is 17.6 Å². The van der Waals surface area contributed by atoms with Crippen LogP contribution in [0.2, 0.25) is 5.28 Å². The average molecular weight is 318 g/mol. The van der Waals surface area contributed by atoms with Crippen molar-refractivity contribution >= 4 is 11.6 Å². The Labute approximate surface area is 133 Å². The third-order valence-corrected chi connectivity index (χ3v) is 4.96. The Bertz CT molecular complexity index is 696. The maximum Gasteiger partial charge on any atom is 0.223 e. The predicted octanol–water partition coefficient (Wildman–Crippen LogP) is 3.91. The van der Waals surface area contributed by atoms with E-state index in [0.29, 0.717) is 17.5 Å². The minimum atomic E-state index is -0.388. The van der Waals surface area contributed by atoms with E-state index >= 15 is 0 Å². The molecule has 0 unspecified atom stereocenters. The van der Waals surface area contributed by atoms with Gasteiger partial charge in [0.25, 0.3) is 0 Å². The molecule has 1 heterocycles. The summed E-state index contributed by atoms with van der Waals surface area (Å²) in [5, 5.41) is 0.202. The third-order valence-electron chi connectivity index (χ3n) is 4.79. The van der Waals surface area contributed by atoms with Crippen molar-refractivity contribution in [1.29, 1.82) is 0 Å². The lowest BCUT2D eigenvalue weighted by Gasteiger charge is -2.29. The van der Waals surface area contributed by atoms with E-state index in [1.165, 1.54) is 12.1 Å². The number of nitrogens with two attached hydrogens (primary N) is 1. The van der Waals surface area contributed by atoms with Crippen LogP contribution in [-0.2, 0) is 5.54 Å². The molecule has 2 fully saturated rings. The molecule has 2 N–H and O–H groups in total. The van der Waals surface area contributed by atoms with Crippen LogP contribution in [-0.4, -0.2) is 9.97 Å². The van der Waals surface area contributed by atoms with Crippen LogP contribution in [0.3, 0.4) is 0 Å². The number of halogens is 2. The van der Waals surface area contributed by atoms with Crippen LogP contribution in [0, 0.1) is 17.7 Å². The van der Waals surface area contributed by atoms with Gasteiger partial charge in [-0.15, -0.1) is 0 Å². The van der Waals surface area contributed by atoms with Crippen LogP contribution in [0.1, 0.15) is 31.4 Å². The second-order valence-electron chi connectivity index (χ2n) is 6.40. The first-order valence-electron chi connectivity index (χ1n) is 7.67. The molecular weight excluding hydrogens is 301 g/mol. The zero-order valence-corrected chi connectivity index (χ0v) is 12.9. The van der Waals surface area contributed by atoms with Gasteiger partial charge in [-0.25, -0.2) is 14.4 Å². The maximum atomic E-state index is 13.1. The van der Waals surface area contributed by atoms with Gasteiger partial charge < -0.3 is 5.73 Å². The summed E-state index contributed by atoms with van der Waals surface area (Å²) in [7, 11) is 0. The van der Waals surface area contributed by atoms with Gasteiger partial charge in [0.2, 0.25) is 5.28 Å². The molecule has 2 saturated carbocycles. The van der Waals surface area contributed by atoms with Crippen molar-refractivity contribution in [2.75, 3.05) is 0 Å². The smallest absolute Gasteiger partial charge is 0.223 e. The summed E-state index contributed by atoms with van der Waals surface area (Å²) < 4.78 is 13.1. The van der Waals surface area contributed by atoms with E-state index < -0.39 is 0 Å². The van der Waals surface area contributed by atoms with Crippen molar-refractivity contribution < 1.29 is 4.39 Å². The maximum absolute atomic E-state index is 13.1. The van der Waals surface area contributed by atoms with E-state index in [1.807, 2.05) is 6.07 Å². The Morgan fingerprint density at radius 1 is 1.05 bits per heavy atom. The Morgan fingerprint density at radius 2 is 1.64 bits per heavy atom. The molecule has 0 bridgehead atoms. The van der Waals surface area contributed by atoms with Crippen LogP contribution in [0.4, 0.5) is 4.39 Å². The monoisotopic (exact) mass is 317 g/mol. The minimum absolute atomic E-state index is 0.202. The molecule has 22 heavy (non-hydrogen) atoms. The second kappa shape index (κ2) is 5.00. The van der Waals surface area contributed by atoms with Crippen LogP contribution < -0.4 is 5.73 Å². The number of rotatable bonds is 4. The Kier molecular flexibility index (Phi) is 3.20. The fraction of sp³-hybridized carbons (Fsp3) is 0.412. The van der Waals surface area contributed by atoms with Gasteiger partial charge in [-0.3, -0.25) is 0 Å². The molecule has 4 rings (SSSR count). The van der Waals surface area contributed by atoms with Crippen molar-refractivity contribution in [3.05, 3.63) is 47.1 Å². The molecule has 0 saturated heterocycles. The van der Waals surface area contributed by atoms with Crippen molar-refractivity contribution in [2.45, 2.75) is 31.2 Å². The fourth-order valence-electron chi connectivity index (χ4n) is 3.28. The summed E-state index contributed by atoms with van der Waals surface area (Å²) >= 11 is 6.14. The van der Waals surface area contributed by atoms with E-state index in [0.717, 1.165) is 36.9 Å². The van der Waals surface area contributed by atoms with E-state index in [2.05, 4.69) is 9.97 Å². The Hall–Kier alpha value is -1.52. The molecule has 0 amide bonds. The molecule has 2 aromatic rings. The van der Waals surface area contributed by atoms with E-state index in [-0.39, 0.29) is 16.6 Å². The highest BCUT2D eigenvalue weighted by molar-refractivity contribution is 6.28. The first kappa shape index (κ1) is 14.1. The molecule has 0 aliphatic heterocycles. The third kappa shape index (κ3) is 2.40. The minimum Gasteiger partial charge on any atom is -0.320 e. The summed E-state index contributed by atoms with van der Waals surface area (Å²) in [6, 6.07) is 8.16. The number of hydrogen-bond acceptors (Lipinski definition) is 3. The molecule has 2 aliphatic carbocycles. The van der Waals surface area contributed by atoms with Crippen LogP contribution in [0.15, 0.2) is 30.3 Å². The first-order valence-corrected chi connectivity index (χ1v) is 8.05. The highest BCUT2D eigenvalue weighted by Gasteiger charge is 2.53. The number of aromatic nitrogens is 2. The largest absolute Gasteiger partial charge is 0.320 e. The molecule has 5 heteroatoms. The predicted molar refractivity (Wildman–Crippen MR) is 83.7 cm³/mol. The van der Waals surface area contributed by atoms with Gasteiger partial charge in [0, 0.05) is 5.56 Å². The molecule has 0 atom stereocenters. The zero-order chi connectivity index (χ0) is 15.3. The molecule has 0 radical (unpaired) electrons. The standard InChI is InChI=1S/C17H17ClFN3/c18-16-21-14(10-1-7-13(19)8-2-10)9-15(22-16)17(20,11-3-4-11)12-5-6-12/h1-2,7-9,11-12H,3-6,20H2. The number of nitrogens with zero attached hydrogens (tertiary/aromatic N) is 2. The first-order chi connectivity index (χ1) is 10.6. The van der Waals surface area contributed by atoms with Gasteiger partial charge in [0.05, 0.1) is 16.9 Å². The zero-order valence-electron chi connectivity index (χ0n) is 12.1.